The molecule has 4 rings (SSSR count). The number of carboxylic acids is 1. The highest BCUT2D eigenvalue weighted by molar-refractivity contribution is 7.10. The van der Waals surface area contributed by atoms with E-state index in [-0.39, 0.29) is 12.3 Å². The highest BCUT2D eigenvalue weighted by Gasteiger charge is 2.31. The van der Waals surface area contributed by atoms with Crippen molar-refractivity contribution in [2.45, 2.75) is 51.6 Å². The van der Waals surface area contributed by atoms with Crippen LogP contribution in [0.3, 0.4) is 0 Å². The standard InChI is InChI=1S/C28H36N2O4S/c1-19-11-15-35-27(19)4-3-13-30-14-10-20(21(18-30)16-28(32)33)5-8-26(31)23-9-12-29-25-7-6-22(34-2)17-24(23)25/h6-7,9,11-12,15,17,20-21,26,31H,3-5,8,10,13-14,16,18H2,1-2H3,(H,32,33)/t20-,21+,26?/m1/s1. The van der Waals surface area contributed by atoms with Gasteiger partial charge in [-0.05, 0) is 111 Å². The van der Waals surface area contributed by atoms with E-state index in [0.29, 0.717) is 12.3 Å². The molecule has 1 aliphatic rings. The number of hydrogen-bond acceptors (Lipinski definition) is 6. The lowest BCUT2D eigenvalue weighted by Crippen LogP contribution is -2.42. The molecule has 1 aliphatic heterocycles. The number of aryl methyl sites for hydroxylation is 2. The van der Waals surface area contributed by atoms with Crippen LogP contribution >= 0.6 is 11.3 Å². The summed E-state index contributed by atoms with van der Waals surface area (Å²) < 4.78 is 5.36. The van der Waals surface area contributed by atoms with Crippen molar-refractivity contribution in [1.82, 2.24) is 9.88 Å². The van der Waals surface area contributed by atoms with Crippen LogP contribution in [0.1, 0.15) is 54.2 Å². The summed E-state index contributed by atoms with van der Waals surface area (Å²) in [6.45, 7) is 5.00. The van der Waals surface area contributed by atoms with Gasteiger partial charge in [0.15, 0.2) is 0 Å². The highest BCUT2D eigenvalue weighted by Crippen LogP contribution is 2.35. The maximum atomic E-state index is 11.6. The fourth-order valence-corrected chi connectivity index (χ4v) is 6.36. The van der Waals surface area contributed by atoms with Gasteiger partial charge >= 0.3 is 5.97 Å². The smallest absolute Gasteiger partial charge is 0.303 e. The molecule has 0 aliphatic carbocycles. The van der Waals surface area contributed by atoms with Crippen molar-refractivity contribution in [3.8, 4) is 5.75 Å². The molecule has 6 nitrogen and oxygen atoms in total. The predicted octanol–water partition coefficient (Wildman–Crippen LogP) is 5.47. The Hall–Kier alpha value is -2.48. The lowest BCUT2D eigenvalue weighted by Gasteiger charge is -2.38. The van der Waals surface area contributed by atoms with Crippen molar-refractivity contribution in [2.75, 3.05) is 26.7 Å². The molecule has 0 radical (unpaired) electrons. The summed E-state index contributed by atoms with van der Waals surface area (Å²) in [4.78, 5) is 19.9. The molecule has 0 bridgehead atoms. The average Bonchev–Trinajstić information content (AvgIpc) is 3.26. The van der Waals surface area contributed by atoms with E-state index in [9.17, 15) is 15.0 Å². The number of piperidine rings is 1. The van der Waals surface area contributed by atoms with Gasteiger partial charge in [0.1, 0.15) is 5.75 Å². The Kier molecular flexibility index (Phi) is 8.76. The van der Waals surface area contributed by atoms with Gasteiger partial charge in [0.25, 0.3) is 0 Å². The van der Waals surface area contributed by atoms with Crippen LogP contribution < -0.4 is 4.74 Å². The van der Waals surface area contributed by atoms with E-state index in [1.165, 1.54) is 10.4 Å². The summed E-state index contributed by atoms with van der Waals surface area (Å²) in [6.07, 6.45) is 5.89. The maximum Gasteiger partial charge on any atom is 0.303 e. The zero-order chi connectivity index (χ0) is 24.8. The number of hydrogen-bond donors (Lipinski definition) is 2. The van der Waals surface area contributed by atoms with Crippen molar-refractivity contribution in [3.63, 3.8) is 0 Å². The van der Waals surface area contributed by atoms with Gasteiger partial charge in [-0.25, -0.2) is 0 Å². The topological polar surface area (TPSA) is 82.9 Å². The minimum atomic E-state index is -0.733. The molecule has 0 saturated carbocycles. The number of likely N-dealkylation sites (tertiary alicyclic amines) is 1. The minimum Gasteiger partial charge on any atom is -0.497 e. The molecule has 188 valence electrons. The van der Waals surface area contributed by atoms with Crippen molar-refractivity contribution in [1.29, 1.82) is 0 Å². The van der Waals surface area contributed by atoms with Crippen LogP contribution in [-0.4, -0.2) is 52.8 Å². The molecule has 3 aromatic rings. The number of methoxy groups -OCH3 is 1. The first kappa shape index (κ1) is 25.6. The number of aliphatic carboxylic acids is 1. The zero-order valence-electron chi connectivity index (χ0n) is 20.7. The molecule has 3 heterocycles. The summed E-state index contributed by atoms with van der Waals surface area (Å²) >= 11 is 1.82. The van der Waals surface area contributed by atoms with Crippen LogP contribution in [0, 0.1) is 18.8 Å². The zero-order valence-corrected chi connectivity index (χ0v) is 21.5. The number of nitrogens with zero attached hydrogens (tertiary/aromatic N) is 2. The van der Waals surface area contributed by atoms with E-state index in [1.54, 1.807) is 13.3 Å². The molecule has 0 spiro atoms. The Bertz CT molecular complexity index is 1130. The molecule has 7 heteroatoms. The van der Waals surface area contributed by atoms with Crippen LogP contribution in [-0.2, 0) is 11.2 Å². The number of pyridine rings is 1. The van der Waals surface area contributed by atoms with E-state index < -0.39 is 12.1 Å². The second-order valence-electron chi connectivity index (χ2n) is 9.71. The largest absolute Gasteiger partial charge is 0.497 e. The molecule has 1 unspecified atom stereocenters. The first-order valence-electron chi connectivity index (χ1n) is 12.5. The van der Waals surface area contributed by atoms with Gasteiger partial charge in [-0.1, -0.05) is 0 Å². The Morgan fingerprint density at radius 2 is 2.14 bits per heavy atom. The number of fused-ring (bicyclic) bond motifs is 1. The monoisotopic (exact) mass is 496 g/mol. The lowest BCUT2D eigenvalue weighted by atomic mass is 9.79. The summed E-state index contributed by atoms with van der Waals surface area (Å²) in [7, 11) is 1.63. The van der Waals surface area contributed by atoms with Crippen LogP contribution in [0.2, 0.25) is 0 Å². The van der Waals surface area contributed by atoms with Crippen LogP contribution in [0.4, 0.5) is 0 Å². The van der Waals surface area contributed by atoms with Gasteiger partial charge in [-0.2, -0.15) is 0 Å². The number of thiophene rings is 1. The molecule has 3 atom stereocenters. The number of aliphatic hydroxyl groups excluding tert-OH is 1. The number of benzene rings is 1. The third-order valence-electron chi connectivity index (χ3n) is 7.41. The van der Waals surface area contributed by atoms with E-state index in [4.69, 9.17) is 4.74 Å². The highest BCUT2D eigenvalue weighted by atomic mass is 32.1. The van der Waals surface area contributed by atoms with Crippen LogP contribution in [0.25, 0.3) is 10.9 Å². The molecular weight excluding hydrogens is 460 g/mol. The fraction of sp³-hybridized carbons (Fsp3) is 0.500. The van der Waals surface area contributed by atoms with Gasteiger partial charge in [0, 0.05) is 29.4 Å². The first-order chi connectivity index (χ1) is 16.9. The Morgan fingerprint density at radius 3 is 2.89 bits per heavy atom. The third-order valence-corrected chi connectivity index (χ3v) is 8.49. The van der Waals surface area contributed by atoms with Gasteiger partial charge in [-0.15, -0.1) is 11.3 Å². The summed E-state index contributed by atoms with van der Waals surface area (Å²) in [5.41, 5.74) is 3.05. The average molecular weight is 497 g/mol. The summed E-state index contributed by atoms with van der Waals surface area (Å²) in [5.74, 6) is 0.427. The number of carboxylic acid groups (broad SMARTS) is 1. The quantitative estimate of drug-likeness (QED) is 0.366. The van der Waals surface area contributed by atoms with Crippen molar-refractivity contribution in [3.05, 3.63) is 57.9 Å². The van der Waals surface area contributed by atoms with E-state index >= 15 is 0 Å². The van der Waals surface area contributed by atoms with Crippen molar-refractivity contribution < 1.29 is 19.7 Å². The van der Waals surface area contributed by atoms with Crippen LogP contribution in [0.5, 0.6) is 5.75 Å². The second-order valence-corrected chi connectivity index (χ2v) is 10.7. The first-order valence-corrected chi connectivity index (χ1v) is 13.4. The SMILES string of the molecule is COc1ccc2nccc(C(O)CC[C@@H]3CCN(CCCc4sccc4C)C[C@@H]3CC(=O)O)c2c1. The summed E-state index contributed by atoms with van der Waals surface area (Å²) in [6, 6.07) is 9.75. The van der Waals surface area contributed by atoms with Gasteiger partial charge in [0.2, 0.25) is 0 Å². The Balaban J connectivity index is 1.35. The maximum absolute atomic E-state index is 11.6. The number of aliphatic hydroxyl groups is 1. The van der Waals surface area contributed by atoms with Gasteiger partial charge in [0.05, 0.1) is 18.7 Å². The molecule has 1 aromatic carbocycles. The minimum absolute atomic E-state index is 0.117. The molecule has 2 N–H and O–H groups in total. The van der Waals surface area contributed by atoms with Gasteiger partial charge < -0.3 is 19.8 Å². The number of rotatable bonds is 11. The normalized spacial score (nSPS) is 19.6. The predicted molar refractivity (Wildman–Crippen MR) is 140 cm³/mol. The Labute approximate surface area is 211 Å². The van der Waals surface area contributed by atoms with Crippen molar-refractivity contribution >= 4 is 28.2 Å². The van der Waals surface area contributed by atoms with E-state index in [2.05, 4.69) is 28.3 Å². The molecule has 2 aromatic heterocycles. The van der Waals surface area contributed by atoms with Gasteiger partial charge in [-0.3, -0.25) is 9.78 Å². The molecule has 0 amide bonds. The van der Waals surface area contributed by atoms with Crippen molar-refractivity contribution in [2.24, 2.45) is 11.8 Å². The fourth-order valence-electron chi connectivity index (χ4n) is 5.41. The molecular formula is C28H36N2O4S. The molecule has 35 heavy (non-hydrogen) atoms. The summed E-state index contributed by atoms with van der Waals surface area (Å²) in [5, 5.41) is 23.7. The second kappa shape index (κ2) is 12.0. The molecule has 1 fully saturated rings. The lowest BCUT2D eigenvalue weighted by molar-refractivity contribution is -0.139. The number of carbonyl (C=O) groups is 1. The molecule has 1 saturated heterocycles. The Morgan fingerprint density at radius 1 is 1.29 bits per heavy atom. The van der Waals surface area contributed by atoms with Crippen LogP contribution in [0.15, 0.2) is 41.9 Å². The number of aromatic nitrogens is 1. The van der Waals surface area contributed by atoms with E-state index in [0.717, 1.165) is 67.5 Å². The van der Waals surface area contributed by atoms with E-state index in [1.807, 2.05) is 35.6 Å². The third kappa shape index (κ3) is 6.60. The number of ether oxygens (including phenoxy) is 1.